The van der Waals surface area contributed by atoms with Gasteiger partial charge in [0.25, 0.3) is 5.91 Å². The van der Waals surface area contributed by atoms with E-state index in [2.05, 4.69) is 16.1 Å². The summed E-state index contributed by atoms with van der Waals surface area (Å²) < 4.78 is 40.8. The number of nitrogens with zero attached hydrogens (tertiary/aromatic N) is 1. The molecule has 2 aromatic rings. The van der Waals surface area contributed by atoms with Crippen molar-refractivity contribution in [3.63, 3.8) is 0 Å². The Morgan fingerprint density at radius 1 is 1.09 bits per heavy atom. The van der Waals surface area contributed by atoms with Gasteiger partial charge in [0.05, 0.1) is 10.6 Å². The quantitative estimate of drug-likeness (QED) is 0.588. The van der Waals surface area contributed by atoms with Gasteiger partial charge >= 0.3 is 6.36 Å². The number of fused-ring (bicyclic) bond motifs is 1. The van der Waals surface area contributed by atoms with Crippen LogP contribution in [0.1, 0.15) is 53.7 Å². The Balaban J connectivity index is 0.00000141. The second kappa shape index (κ2) is 10.6. The van der Waals surface area contributed by atoms with E-state index in [4.69, 9.17) is 11.6 Å². The number of carbonyl (C=O) groups is 1. The normalized spacial score (nSPS) is 16.4. The monoisotopic (exact) mass is 468 g/mol. The molecule has 4 nitrogen and oxygen atoms in total. The van der Waals surface area contributed by atoms with E-state index in [9.17, 15) is 18.0 Å². The van der Waals surface area contributed by atoms with Gasteiger partial charge in [-0.05, 0) is 73.2 Å². The molecule has 174 valence electrons. The first-order valence-electron chi connectivity index (χ1n) is 10.9. The number of alkyl halides is 3. The van der Waals surface area contributed by atoms with Gasteiger partial charge in [-0.2, -0.15) is 0 Å². The molecule has 0 aromatic heterocycles. The zero-order valence-electron chi connectivity index (χ0n) is 18.3. The standard InChI is InChI=1S/C22H22ClF3N2O2.C2H6/c23-19-11-16(9-14-5-7-27-8-6-14)10-17-13-28(21(29)20(17)19)12-15-1-3-18(4-2-15)30-22(24,25)26;1-2/h1-4,10-11,14,27H,5-9,12-13H2;1-2H3. The smallest absolute Gasteiger partial charge is 0.406 e. The third-order valence-electron chi connectivity index (χ3n) is 5.61. The third-order valence-corrected chi connectivity index (χ3v) is 5.91. The van der Waals surface area contributed by atoms with Crippen LogP contribution in [0.3, 0.4) is 0 Å². The molecule has 2 heterocycles. The maximum atomic E-state index is 12.8. The highest BCUT2D eigenvalue weighted by Gasteiger charge is 2.32. The molecule has 0 spiro atoms. The van der Waals surface area contributed by atoms with Crippen molar-refractivity contribution in [3.8, 4) is 5.75 Å². The van der Waals surface area contributed by atoms with Gasteiger partial charge in [0.1, 0.15) is 5.75 Å². The molecule has 0 radical (unpaired) electrons. The average Bonchev–Trinajstić information content (AvgIpc) is 3.06. The highest BCUT2D eigenvalue weighted by molar-refractivity contribution is 6.34. The molecule has 8 heteroatoms. The maximum absolute atomic E-state index is 12.8. The highest BCUT2D eigenvalue weighted by atomic mass is 35.5. The zero-order chi connectivity index (χ0) is 23.3. The number of halogens is 4. The highest BCUT2D eigenvalue weighted by Crippen LogP contribution is 2.33. The van der Waals surface area contributed by atoms with E-state index in [1.165, 1.54) is 24.3 Å². The van der Waals surface area contributed by atoms with Gasteiger partial charge < -0.3 is 15.0 Å². The minimum absolute atomic E-state index is 0.154. The van der Waals surface area contributed by atoms with Crippen molar-refractivity contribution in [2.75, 3.05) is 13.1 Å². The molecule has 2 aliphatic rings. The molecule has 0 unspecified atom stereocenters. The van der Waals surface area contributed by atoms with E-state index >= 15 is 0 Å². The molecule has 0 bridgehead atoms. The fraction of sp³-hybridized carbons (Fsp3) is 0.458. The number of hydrogen-bond donors (Lipinski definition) is 1. The Labute approximate surface area is 191 Å². The Morgan fingerprint density at radius 3 is 2.38 bits per heavy atom. The Bertz CT molecular complexity index is 926. The van der Waals surface area contributed by atoms with Crippen LogP contribution in [-0.4, -0.2) is 30.3 Å². The number of ether oxygens (including phenoxy) is 1. The van der Waals surface area contributed by atoms with Gasteiger partial charge in [0, 0.05) is 13.1 Å². The van der Waals surface area contributed by atoms with Crippen molar-refractivity contribution in [2.45, 2.75) is 52.6 Å². The topological polar surface area (TPSA) is 41.6 Å². The van der Waals surface area contributed by atoms with Crippen LogP contribution < -0.4 is 10.1 Å². The minimum atomic E-state index is -4.73. The van der Waals surface area contributed by atoms with Crippen LogP contribution >= 0.6 is 11.6 Å². The first-order valence-corrected chi connectivity index (χ1v) is 11.3. The lowest BCUT2D eigenvalue weighted by Crippen LogP contribution is -2.28. The molecule has 1 fully saturated rings. The Kier molecular flexibility index (Phi) is 8.06. The largest absolute Gasteiger partial charge is 0.573 e. The summed E-state index contributed by atoms with van der Waals surface area (Å²) in [4.78, 5) is 14.5. The van der Waals surface area contributed by atoms with E-state index < -0.39 is 6.36 Å². The number of nitrogens with one attached hydrogen (secondary N) is 1. The molecule has 32 heavy (non-hydrogen) atoms. The van der Waals surface area contributed by atoms with Gasteiger partial charge in [-0.1, -0.05) is 43.6 Å². The van der Waals surface area contributed by atoms with Crippen molar-refractivity contribution in [3.05, 3.63) is 63.7 Å². The van der Waals surface area contributed by atoms with Gasteiger partial charge in [-0.15, -0.1) is 13.2 Å². The molecule has 1 amide bonds. The summed E-state index contributed by atoms with van der Waals surface area (Å²) >= 11 is 6.46. The zero-order valence-corrected chi connectivity index (χ0v) is 19.0. The summed E-state index contributed by atoms with van der Waals surface area (Å²) in [6.07, 6.45) is -1.51. The summed E-state index contributed by atoms with van der Waals surface area (Å²) in [7, 11) is 0. The minimum Gasteiger partial charge on any atom is -0.406 e. The lowest BCUT2D eigenvalue weighted by Gasteiger charge is -2.22. The van der Waals surface area contributed by atoms with Crippen molar-refractivity contribution in [1.82, 2.24) is 10.2 Å². The summed E-state index contributed by atoms with van der Waals surface area (Å²) in [5.74, 6) is 0.179. The van der Waals surface area contributed by atoms with Gasteiger partial charge in [0.2, 0.25) is 0 Å². The number of rotatable bonds is 5. The number of benzene rings is 2. The second-order valence-corrected chi connectivity index (χ2v) is 8.27. The molecule has 1 saturated heterocycles. The van der Waals surface area contributed by atoms with Crippen LogP contribution in [0.5, 0.6) is 5.75 Å². The predicted molar refractivity (Wildman–Crippen MR) is 119 cm³/mol. The molecular formula is C24H28ClF3N2O2. The molecular weight excluding hydrogens is 441 g/mol. The molecule has 4 rings (SSSR count). The fourth-order valence-electron chi connectivity index (χ4n) is 4.21. The number of carbonyl (C=O) groups excluding carboxylic acids is 1. The molecule has 0 aliphatic carbocycles. The first kappa shape index (κ1) is 24.4. The summed E-state index contributed by atoms with van der Waals surface area (Å²) in [6.45, 7) is 6.79. The van der Waals surface area contributed by atoms with Crippen LogP contribution in [0.2, 0.25) is 5.02 Å². The number of amides is 1. The summed E-state index contributed by atoms with van der Waals surface area (Å²) in [5, 5.41) is 3.83. The first-order chi connectivity index (χ1) is 15.3. The van der Waals surface area contributed by atoms with Crippen LogP contribution in [0.15, 0.2) is 36.4 Å². The Morgan fingerprint density at radius 2 is 1.75 bits per heavy atom. The SMILES string of the molecule is CC.O=C1c2c(Cl)cc(CC3CCNCC3)cc2CN1Cc1ccc(OC(F)(F)F)cc1. The van der Waals surface area contributed by atoms with E-state index in [0.29, 0.717) is 29.6 Å². The van der Waals surface area contributed by atoms with Crippen molar-refractivity contribution < 1.29 is 22.7 Å². The van der Waals surface area contributed by atoms with Gasteiger partial charge in [-0.3, -0.25) is 4.79 Å². The van der Waals surface area contributed by atoms with Crippen LogP contribution in [0, 0.1) is 5.92 Å². The number of hydrogen-bond acceptors (Lipinski definition) is 3. The maximum Gasteiger partial charge on any atom is 0.573 e. The molecule has 2 aromatic carbocycles. The average molecular weight is 469 g/mol. The predicted octanol–water partition coefficient (Wildman–Crippen LogP) is 5.96. The van der Waals surface area contributed by atoms with Crippen molar-refractivity contribution >= 4 is 17.5 Å². The second-order valence-electron chi connectivity index (χ2n) is 7.86. The van der Waals surface area contributed by atoms with Crippen LogP contribution in [0.25, 0.3) is 0 Å². The van der Waals surface area contributed by atoms with Crippen molar-refractivity contribution in [1.29, 1.82) is 0 Å². The van der Waals surface area contributed by atoms with E-state index in [1.54, 1.807) is 4.90 Å². The lowest BCUT2D eigenvalue weighted by molar-refractivity contribution is -0.274. The van der Waals surface area contributed by atoms with Crippen molar-refractivity contribution in [2.24, 2.45) is 5.92 Å². The Hall–Kier alpha value is -2.25. The molecule has 0 saturated carbocycles. The van der Waals surface area contributed by atoms with Crippen LogP contribution in [0.4, 0.5) is 13.2 Å². The fourth-order valence-corrected chi connectivity index (χ4v) is 4.55. The third kappa shape index (κ3) is 6.17. The molecule has 2 aliphatic heterocycles. The van der Waals surface area contributed by atoms with Gasteiger partial charge in [0.15, 0.2) is 0 Å². The number of piperidine rings is 1. The van der Waals surface area contributed by atoms with Gasteiger partial charge in [-0.25, -0.2) is 0 Å². The van der Waals surface area contributed by atoms with E-state index in [1.807, 2.05) is 19.9 Å². The van der Waals surface area contributed by atoms with E-state index in [-0.39, 0.29) is 11.7 Å². The van der Waals surface area contributed by atoms with E-state index in [0.717, 1.165) is 49.0 Å². The molecule has 1 N–H and O–H groups in total. The molecule has 0 atom stereocenters. The summed E-state index contributed by atoms with van der Waals surface area (Å²) in [6, 6.07) is 9.53. The summed E-state index contributed by atoms with van der Waals surface area (Å²) in [5.41, 5.74) is 3.31. The van der Waals surface area contributed by atoms with Crippen LogP contribution in [-0.2, 0) is 19.5 Å². The lowest BCUT2D eigenvalue weighted by atomic mass is 9.90.